The van der Waals surface area contributed by atoms with Crippen LogP contribution in [0.3, 0.4) is 0 Å². The van der Waals surface area contributed by atoms with E-state index in [0.29, 0.717) is 5.82 Å². The van der Waals surface area contributed by atoms with Crippen molar-refractivity contribution in [1.29, 1.82) is 0 Å². The first-order valence-electron chi connectivity index (χ1n) is 14.1. The van der Waals surface area contributed by atoms with Crippen molar-refractivity contribution in [3.8, 4) is 44.9 Å². The Kier molecular flexibility index (Phi) is 5.79. The molecule has 0 spiro atoms. The molecule has 0 unspecified atom stereocenters. The van der Waals surface area contributed by atoms with Crippen molar-refractivity contribution in [2.24, 2.45) is 0 Å². The first-order chi connectivity index (χ1) is 20.8. The van der Waals surface area contributed by atoms with Gasteiger partial charge in [0, 0.05) is 33.5 Å². The van der Waals surface area contributed by atoms with Crippen LogP contribution >= 0.6 is 0 Å². The highest BCUT2D eigenvalue weighted by molar-refractivity contribution is 6.10. The van der Waals surface area contributed by atoms with E-state index in [-0.39, 0.29) is 0 Å². The van der Waals surface area contributed by atoms with Crippen LogP contribution in [0.1, 0.15) is 0 Å². The van der Waals surface area contributed by atoms with Gasteiger partial charge in [-0.05, 0) is 45.8 Å². The van der Waals surface area contributed by atoms with Crippen molar-refractivity contribution in [1.82, 2.24) is 15.0 Å². The molecule has 0 aliphatic heterocycles. The summed E-state index contributed by atoms with van der Waals surface area (Å²) in [6, 6.07) is 50.8. The van der Waals surface area contributed by atoms with Gasteiger partial charge in [0.15, 0.2) is 5.82 Å². The predicted octanol–water partition coefficient (Wildman–Crippen LogP) is 10.00. The molecule has 0 saturated carbocycles. The molecular formula is C39H25N3. The normalized spacial score (nSPS) is 11.3. The summed E-state index contributed by atoms with van der Waals surface area (Å²) in [6.07, 6.45) is 1.86. The molecule has 0 aliphatic carbocycles. The Morgan fingerprint density at radius 1 is 0.405 bits per heavy atom. The fourth-order valence-corrected chi connectivity index (χ4v) is 5.86. The van der Waals surface area contributed by atoms with Gasteiger partial charge in [-0.3, -0.25) is 4.98 Å². The highest BCUT2D eigenvalue weighted by Gasteiger charge is 2.14. The van der Waals surface area contributed by atoms with Gasteiger partial charge < -0.3 is 0 Å². The number of fused-ring (bicyclic) bond motifs is 4. The third-order valence-corrected chi connectivity index (χ3v) is 7.93. The van der Waals surface area contributed by atoms with Crippen LogP contribution in [0.25, 0.3) is 77.5 Å². The van der Waals surface area contributed by atoms with E-state index in [1.165, 1.54) is 22.1 Å². The van der Waals surface area contributed by atoms with E-state index in [4.69, 9.17) is 9.97 Å². The minimum Gasteiger partial charge on any atom is -0.256 e. The largest absolute Gasteiger partial charge is 0.256 e. The van der Waals surface area contributed by atoms with Gasteiger partial charge in [0.2, 0.25) is 0 Å². The molecule has 0 bridgehead atoms. The predicted molar refractivity (Wildman–Crippen MR) is 174 cm³/mol. The molecule has 8 aromatic rings. The van der Waals surface area contributed by atoms with Crippen molar-refractivity contribution < 1.29 is 0 Å². The van der Waals surface area contributed by atoms with Crippen molar-refractivity contribution in [3.05, 3.63) is 152 Å². The molecule has 2 heterocycles. The topological polar surface area (TPSA) is 38.7 Å². The van der Waals surface area contributed by atoms with Gasteiger partial charge in [0.25, 0.3) is 0 Å². The van der Waals surface area contributed by atoms with E-state index in [9.17, 15) is 0 Å². The Labute approximate surface area is 243 Å². The summed E-state index contributed by atoms with van der Waals surface area (Å²) in [5.74, 6) is 0.713. The van der Waals surface area contributed by atoms with Gasteiger partial charge in [-0.25, -0.2) is 9.97 Å². The number of nitrogens with zero attached hydrogens (tertiary/aromatic N) is 3. The van der Waals surface area contributed by atoms with Crippen LogP contribution in [-0.2, 0) is 0 Å². The third kappa shape index (κ3) is 4.20. The summed E-state index contributed by atoms with van der Waals surface area (Å²) in [4.78, 5) is 14.9. The van der Waals surface area contributed by atoms with E-state index in [0.717, 1.165) is 49.6 Å². The van der Waals surface area contributed by atoms with Gasteiger partial charge in [0.05, 0.1) is 16.7 Å². The van der Waals surface area contributed by atoms with Crippen molar-refractivity contribution in [2.45, 2.75) is 0 Å². The molecule has 8 rings (SSSR count). The summed E-state index contributed by atoms with van der Waals surface area (Å²) >= 11 is 0. The number of para-hydroxylation sites is 1. The first-order valence-corrected chi connectivity index (χ1v) is 14.1. The maximum Gasteiger partial charge on any atom is 0.160 e. The second kappa shape index (κ2) is 10.1. The van der Waals surface area contributed by atoms with Crippen LogP contribution in [0.15, 0.2) is 152 Å². The van der Waals surface area contributed by atoms with E-state index < -0.39 is 0 Å². The molecule has 0 atom stereocenters. The fourth-order valence-electron chi connectivity index (χ4n) is 5.86. The van der Waals surface area contributed by atoms with Crippen LogP contribution in [0.4, 0.5) is 0 Å². The third-order valence-electron chi connectivity index (χ3n) is 7.93. The average Bonchev–Trinajstić information content (AvgIpc) is 3.08. The standard InChI is InChI=1S/C39H25N3/c1-2-9-26(10-3-1)27-18-20-29(21-19-27)38-35-14-4-5-17-36(35)41-39(42-38)31-12-6-11-30(25-31)32-15-7-16-34-33(32)23-22-28-13-8-24-40-37(28)34/h1-25H. The highest BCUT2D eigenvalue weighted by atomic mass is 14.9. The number of aromatic nitrogens is 3. The molecule has 3 heteroatoms. The second-order valence-electron chi connectivity index (χ2n) is 10.5. The van der Waals surface area contributed by atoms with E-state index in [2.05, 4.69) is 126 Å². The zero-order chi connectivity index (χ0) is 27.9. The summed E-state index contributed by atoms with van der Waals surface area (Å²) in [6.45, 7) is 0. The fraction of sp³-hybridized carbons (Fsp3) is 0. The number of pyridine rings is 1. The summed E-state index contributed by atoms with van der Waals surface area (Å²) in [5, 5.41) is 4.52. The van der Waals surface area contributed by atoms with Crippen LogP contribution < -0.4 is 0 Å². The molecule has 196 valence electrons. The molecule has 0 aliphatic rings. The molecule has 3 nitrogen and oxygen atoms in total. The molecule has 0 saturated heterocycles. The molecule has 0 fully saturated rings. The lowest BCUT2D eigenvalue weighted by Gasteiger charge is -2.12. The Morgan fingerprint density at radius 3 is 2.02 bits per heavy atom. The first kappa shape index (κ1) is 24.2. The van der Waals surface area contributed by atoms with Crippen molar-refractivity contribution in [2.75, 3.05) is 0 Å². The molecule has 2 aromatic heterocycles. The monoisotopic (exact) mass is 535 g/mol. The van der Waals surface area contributed by atoms with E-state index in [1.54, 1.807) is 0 Å². The minimum atomic E-state index is 0.713. The second-order valence-corrected chi connectivity index (χ2v) is 10.5. The summed E-state index contributed by atoms with van der Waals surface area (Å²) < 4.78 is 0. The zero-order valence-electron chi connectivity index (χ0n) is 22.8. The molecule has 0 radical (unpaired) electrons. The van der Waals surface area contributed by atoms with Gasteiger partial charge in [-0.2, -0.15) is 0 Å². The number of benzene rings is 6. The Hall–Kier alpha value is -5.67. The lowest BCUT2D eigenvalue weighted by Crippen LogP contribution is -1.95. The van der Waals surface area contributed by atoms with E-state index >= 15 is 0 Å². The molecular weight excluding hydrogens is 510 g/mol. The molecule has 0 amide bonds. The van der Waals surface area contributed by atoms with Crippen LogP contribution in [-0.4, -0.2) is 15.0 Å². The van der Waals surface area contributed by atoms with Crippen molar-refractivity contribution >= 4 is 32.6 Å². The number of rotatable bonds is 4. The quantitative estimate of drug-likeness (QED) is 0.211. The van der Waals surface area contributed by atoms with Gasteiger partial charge >= 0.3 is 0 Å². The van der Waals surface area contributed by atoms with Gasteiger partial charge in [-0.15, -0.1) is 0 Å². The SMILES string of the molecule is c1ccc(-c2ccc(-c3nc(-c4cccc(-c5cccc6c5ccc5cccnc56)c4)nc4ccccc34)cc2)cc1. The summed E-state index contributed by atoms with van der Waals surface area (Å²) in [5.41, 5.74) is 9.61. The Bertz CT molecular complexity index is 2240. The Morgan fingerprint density at radius 2 is 1.12 bits per heavy atom. The zero-order valence-corrected chi connectivity index (χ0v) is 22.8. The number of hydrogen-bond acceptors (Lipinski definition) is 3. The highest BCUT2D eigenvalue weighted by Crippen LogP contribution is 2.35. The molecule has 6 aromatic carbocycles. The van der Waals surface area contributed by atoms with E-state index in [1.807, 2.05) is 30.5 Å². The minimum absolute atomic E-state index is 0.713. The van der Waals surface area contributed by atoms with Crippen LogP contribution in [0.5, 0.6) is 0 Å². The summed E-state index contributed by atoms with van der Waals surface area (Å²) in [7, 11) is 0. The molecule has 0 N–H and O–H groups in total. The van der Waals surface area contributed by atoms with Crippen LogP contribution in [0, 0.1) is 0 Å². The smallest absolute Gasteiger partial charge is 0.160 e. The molecule has 42 heavy (non-hydrogen) atoms. The van der Waals surface area contributed by atoms with Gasteiger partial charge in [0.1, 0.15) is 0 Å². The lowest BCUT2D eigenvalue weighted by atomic mass is 9.95. The van der Waals surface area contributed by atoms with Crippen LogP contribution in [0.2, 0.25) is 0 Å². The van der Waals surface area contributed by atoms with Gasteiger partial charge in [-0.1, -0.05) is 127 Å². The lowest BCUT2D eigenvalue weighted by molar-refractivity contribution is 1.23. The Balaban J connectivity index is 1.25. The number of hydrogen-bond donors (Lipinski definition) is 0. The average molecular weight is 536 g/mol. The maximum atomic E-state index is 5.16. The maximum absolute atomic E-state index is 5.16. The van der Waals surface area contributed by atoms with Crippen molar-refractivity contribution in [3.63, 3.8) is 0 Å².